The zero-order valence-electron chi connectivity index (χ0n) is 4.74. The topological polar surface area (TPSA) is 0 Å². The van der Waals surface area contributed by atoms with E-state index in [-0.39, 0.29) is 0 Å². The smallest absolute Gasteiger partial charge is 0.0827 e. The van der Waals surface area contributed by atoms with Gasteiger partial charge < -0.3 is 0 Å². The van der Waals surface area contributed by atoms with Gasteiger partial charge in [0.15, 0.2) is 0 Å². The van der Waals surface area contributed by atoms with Crippen LogP contribution in [0, 0.1) is 0 Å². The summed E-state index contributed by atoms with van der Waals surface area (Å²) in [5, 5.41) is 1.02. The molecule has 48 valence electrons. The normalized spacial score (nSPS) is 10.8. The van der Waals surface area contributed by atoms with Crippen molar-refractivity contribution in [3.63, 3.8) is 0 Å². The van der Waals surface area contributed by atoms with E-state index in [4.69, 9.17) is 0 Å². The third-order valence-corrected chi connectivity index (χ3v) is 1.40. The lowest BCUT2D eigenvalue weighted by Gasteiger charge is -1.87. The van der Waals surface area contributed by atoms with Crippen LogP contribution in [0.25, 0.3) is 0 Å². The van der Waals surface area contributed by atoms with E-state index >= 15 is 0 Å². The minimum atomic E-state index is 0.605. The highest BCUT2D eigenvalue weighted by molar-refractivity contribution is 9.09. The number of allylic oxidation sites excluding steroid dienone is 1. The molecule has 0 aliphatic heterocycles. The van der Waals surface area contributed by atoms with Crippen LogP contribution in [-0.2, 0) is 0 Å². The lowest BCUT2D eigenvalue weighted by atomic mass is 10.2. The summed E-state index contributed by atoms with van der Waals surface area (Å²) < 4.78 is 11.2. The number of unbranched alkanes of at least 4 members (excludes halogenated alkanes) is 2. The van der Waals surface area contributed by atoms with Crippen molar-refractivity contribution >= 4 is 15.9 Å². The molecule has 0 nitrogen and oxygen atoms in total. The Hall–Kier alpha value is 0.150. The Labute approximate surface area is 57.9 Å². The molecule has 0 heterocycles. The zero-order valence-corrected chi connectivity index (χ0v) is 6.33. The summed E-state index contributed by atoms with van der Waals surface area (Å²) in [6.07, 6.45) is 5.22. The molecular formula is C6H10BrF. The SMILES string of the molecule is FC=CCCCCBr. The fraction of sp³-hybridized carbons (Fsp3) is 0.667. The van der Waals surface area contributed by atoms with Gasteiger partial charge >= 0.3 is 0 Å². The largest absolute Gasteiger partial charge is 0.216 e. The molecule has 0 rings (SSSR count). The molecule has 0 aromatic heterocycles. The van der Waals surface area contributed by atoms with Crippen molar-refractivity contribution in [2.45, 2.75) is 19.3 Å². The summed E-state index contributed by atoms with van der Waals surface area (Å²) in [4.78, 5) is 0. The Morgan fingerprint density at radius 1 is 1.38 bits per heavy atom. The van der Waals surface area contributed by atoms with Crippen molar-refractivity contribution in [1.29, 1.82) is 0 Å². The monoisotopic (exact) mass is 180 g/mol. The highest BCUT2D eigenvalue weighted by Crippen LogP contribution is 1.98. The molecule has 0 radical (unpaired) electrons. The van der Waals surface area contributed by atoms with Crippen molar-refractivity contribution in [2.75, 3.05) is 5.33 Å². The van der Waals surface area contributed by atoms with E-state index in [0.717, 1.165) is 24.6 Å². The van der Waals surface area contributed by atoms with Crippen LogP contribution in [0.2, 0.25) is 0 Å². The second-order valence-corrected chi connectivity index (χ2v) is 2.34. The number of hydrogen-bond donors (Lipinski definition) is 0. The third kappa shape index (κ3) is 6.15. The highest BCUT2D eigenvalue weighted by Gasteiger charge is 1.80. The van der Waals surface area contributed by atoms with Gasteiger partial charge in [-0.05, 0) is 19.3 Å². The van der Waals surface area contributed by atoms with Gasteiger partial charge in [0.25, 0.3) is 0 Å². The van der Waals surface area contributed by atoms with Crippen molar-refractivity contribution in [3.8, 4) is 0 Å². The van der Waals surface area contributed by atoms with Crippen LogP contribution in [0.15, 0.2) is 12.4 Å². The molecule has 0 aliphatic rings. The summed E-state index contributed by atoms with van der Waals surface area (Å²) in [7, 11) is 0. The third-order valence-electron chi connectivity index (χ3n) is 0.844. The van der Waals surface area contributed by atoms with Gasteiger partial charge in [-0.25, -0.2) is 4.39 Å². The lowest BCUT2D eigenvalue weighted by molar-refractivity contribution is 0.706. The molecule has 0 saturated carbocycles. The maximum atomic E-state index is 11.2. The average molecular weight is 181 g/mol. The Balaban J connectivity index is 2.72. The van der Waals surface area contributed by atoms with E-state index in [2.05, 4.69) is 15.9 Å². The fourth-order valence-corrected chi connectivity index (χ4v) is 0.816. The number of halogens is 2. The molecule has 0 aromatic carbocycles. The van der Waals surface area contributed by atoms with Crippen molar-refractivity contribution in [1.82, 2.24) is 0 Å². The van der Waals surface area contributed by atoms with Gasteiger partial charge in [-0.1, -0.05) is 22.0 Å². The highest BCUT2D eigenvalue weighted by atomic mass is 79.9. The molecule has 0 N–H and O–H groups in total. The Kier molecular flexibility index (Phi) is 7.28. The maximum Gasteiger partial charge on any atom is 0.0827 e. The molecule has 0 saturated heterocycles. The number of alkyl halides is 1. The summed E-state index contributed by atoms with van der Waals surface area (Å²) in [6, 6.07) is 0. The Bertz CT molecular complexity index is 61.5. The molecule has 0 bridgehead atoms. The quantitative estimate of drug-likeness (QED) is 0.461. The minimum Gasteiger partial charge on any atom is -0.216 e. The van der Waals surface area contributed by atoms with Crippen LogP contribution >= 0.6 is 15.9 Å². The van der Waals surface area contributed by atoms with Crippen molar-refractivity contribution in [3.05, 3.63) is 12.4 Å². The summed E-state index contributed by atoms with van der Waals surface area (Å²) in [6.45, 7) is 0. The van der Waals surface area contributed by atoms with E-state index in [1.54, 1.807) is 6.08 Å². The molecule has 0 atom stereocenters. The van der Waals surface area contributed by atoms with Gasteiger partial charge in [0.2, 0.25) is 0 Å². The van der Waals surface area contributed by atoms with Crippen LogP contribution in [0.3, 0.4) is 0 Å². The van der Waals surface area contributed by atoms with E-state index in [9.17, 15) is 4.39 Å². The van der Waals surface area contributed by atoms with Crippen LogP contribution in [0.1, 0.15) is 19.3 Å². The lowest BCUT2D eigenvalue weighted by Crippen LogP contribution is -1.72. The summed E-state index contributed by atoms with van der Waals surface area (Å²) >= 11 is 3.28. The zero-order chi connectivity index (χ0) is 6.24. The number of rotatable bonds is 4. The molecule has 2 heteroatoms. The van der Waals surface area contributed by atoms with Crippen LogP contribution in [0.5, 0.6) is 0 Å². The first kappa shape index (κ1) is 8.15. The molecule has 8 heavy (non-hydrogen) atoms. The standard InChI is InChI=1S/C6H10BrF/c7-5-3-1-2-4-6-8/h4,6H,1-3,5H2. The van der Waals surface area contributed by atoms with Crippen LogP contribution in [0.4, 0.5) is 4.39 Å². The van der Waals surface area contributed by atoms with E-state index in [1.807, 2.05) is 0 Å². The predicted octanol–water partition coefficient (Wildman–Crippen LogP) is 3.03. The average Bonchev–Trinajstić information content (AvgIpc) is 1.81. The fourth-order valence-electron chi connectivity index (χ4n) is 0.420. The Morgan fingerprint density at radius 3 is 2.62 bits per heavy atom. The first-order valence-electron chi connectivity index (χ1n) is 2.73. The summed E-state index contributed by atoms with van der Waals surface area (Å²) in [5.74, 6) is 0. The molecular weight excluding hydrogens is 171 g/mol. The van der Waals surface area contributed by atoms with E-state index in [1.165, 1.54) is 0 Å². The summed E-state index contributed by atoms with van der Waals surface area (Å²) in [5.41, 5.74) is 0. The van der Waals surface area contributed by atoms with Gasteiger partial charge in [-0.3, -0.25) is 0 Å². The van der Waals surface area contributed by atoms with Gasteiger partial charge in [0.05, 0.1) is 6.33 Å². The second-order valence-electron chi connectivity index (χ2n) is 1.55. The van der Waals surface area contributed by atoms with Gasteiger partial charge in [0.1, 0.15) is 0 Å². The van der Waals surface area contributed by atoms with Crippen LogP contribution < -0.4 is 0 Å². The second kappa shape index (κ2) is 7.15. The van der Waals surface area contributed by atoms with Gasteiger partial charge in [-0.15, -0.1) is 0 Å². The first-order valence-corrected chi connectivity index (χ1v) is 3.85. The predicted molar refractivity (Wildman–Crippen MR) is 37.9 cm³/mol. The first-order chi connectivity index (χ1) is 3.91. The van der Waals surface area contributed by atoms with Crippen molar-refractivity contribution in [2.24, 2.45) is 0 Å². The van der Waals surface area contributed by atoms with Crippen LogP contribution in [-0.4, -0.2) is 5.33 Å². The van der Waals surface area contributed by atoms with Gasteiger partial charge in [-0.2, -0.15) is 0 Å². The van der Waals surface area contributed by atoms with E-state index in [0.29, 0.717) is 6.33 Å². The Morgan fingerprint density at radius 2 is 2.12 bits per heavy atom. The molecule has 0 fully saturated rings. The minimum absolute atomic E-state index is 0.605. The molecule has 0 unspecified atom stereocenters. The molecule has 0 amide bonds. The van der Waals surface area contributed by atoms with E-state index < -0.39 is 0 Å². The molecule has 0 aliphatic carbocycles. The molecule has 0 spiro atoms. The molecule has 0 aromatic rings. The van der Waals surface area contributed by atoms with Gasteiger partial charge in [0, 0.05) is 5.33 Å². The number of hydrogen-bond acceptors (Lipinski definition) is 0. The van der Waals surface area contributed by atoms with Crippen molar-refractivity contribution < 1.29 is 4.39 Å². The maximum absolute atomic E-state index is 11.2.